The minimum atomic E-state index is -3.43. The van der Waals surface area contributed by atoms with Gasteiger partial charge in [-0.2, -0.15) is 0 Å². The zero-order valence-corrected chi connectivity index (χ0v) is 22.8. The molecule has 0 bridgehead atoms. The van der Waals surface area contributed by atoms with Crippen molar-refractivity contribution in [1.29, 1.82) is 0 Å². The molecule has 0 unspecified atom stereocenters. The molecule has 10 heteroatoms. The van der Waals surface area contributed by atoms with Gasteiger partial charge in [0.05, 0.1) is 17.0 Å². The van der Waals surface area contributed by atoms with Crippen LogP contribution < -0.4 is 15.4 Å². The first-order valence-electron chi connectivity index (χ1n) is 12.9. The van der Waals surface area contributed by atoms with Gasteiger partial charge in [0, 0.05) is 23.6 Å². The van der Waals surface area contributed by atoms with E-state index in [0.717, 1.165) is 44.9 Å². The molecule has 37 heavy (non-hydrogen) atoms. The molecule has 0 saturated heterocycles. The average Bonchev–Trinajstić information content (AvgIpc) is 3.74. The predicted molar refractivity (Wildman–Crippen MR) is 139 cm³/mol. The molecule has 2 N–H and O–H groups in total. The van der Waals surface area contributed by atoms with Crippen LogP contribution in [0.1, 0.15) is 72.1 Å². The van der Waals surface area contributed by atoms with Crippen molar-refractivity contribution in [2.45, 2.75) is 88.2 Å². The number of sulfone groups is 1. The summed E-state index contributed by atoms with van der Waals surface area (Å²) in [6.45, 7) is 5.00. The van der Waals surface area contributed by atoms with Gasteiger partial charge in [0.2, 0.25) is 5.91 Å². The molecule has 2 aliphatic carbocycles. The summed E-state index contributed by atoms with van der Waals surface area (Å²) < 4.78 is 49.2. The molecule has 3 rings (SSSR count). The van der Waals surface area contributed by atoms with Gasteiger partial charge in [-0.15, -0.1) is 0 Å². The highest BCUT2D eigenvalue weighted by Crippen LogP contribution is 2.42. The normalized spacial score (nSPS) is 17.1. The number of carbonyl (C=O) groups excluding carboxylic acids is 2. The number of alkyl carbamates (subject to hydrolysis) is 1. The largest absolute Gasteiger partial charge is 0.489 e. The molecule has 2 amide bonds. The van der Waals surface area contributed by atoms with Crippen molar-refractivity contribution in [1.82, 2.24) is 10.6 Å². The molecule has 2 saturated carbocycles. The second-order valence-corrected chi connectivity index (χ2v) is 13.2. The van der Waals surface area contributed by atoms with Crippen LogP contribution in [0, 0.1) is 5.92 Å². The van der Waals surface area contributed by atoms with E-state index in [1.807, 2.05) is 0 Å². The van der Waals surface area contributed by atoms with Crippen molar-refractivity contribution in [3.8, 4) is 5.75 Å². The molecule has 0 spiro atoms. The maximum Gasteiger partial charge on any atom is 0.407 e. The maximum atomic E-state index is 13.2. The quantitative estimate of drug-likeness (QED) is 0.328. The lowest BCUT2D eigenvalue weighted by molar-refractivity contribution is -0.123. The number of ether oxygens (including phenoxy) is 2. The van der Waals surface area contributed by atoms with Gasteiger partial charge < -0.3 is 20.1 Å². The molecular formula is C27H39FN2O6S. The number of halogens is 1. The molecule has 2 aliphatic rings. The van der Waals surface area contributed by atoms with Crippen molar-refractivity contribution in [3.63, 3.8) is 0 Å². The number of rotatable bonds is 14. The fraction of sp³-hybridized carbons (Fsp3) is 0.630. The summed E-state index contributed by atoms with van der Waals surface area (Å²) in [6, 6.07) is 6.02. The Morgan fingerprint density at radius 1 is 1.11 bits per heavy atom. The monoisotopic (exact) mass is 538 g/mol. The van der Waals surface area contributed by atoms with Crippen LogP contribution in [0.5, 0.6) is 5.75 Å². The number of benzene rings is 1. The summed E-state index contributed by atoms with van der Waals surface area (Å²) in [5.41, 5.74) is -0.504. The van der Waals surface area contributed by atoms with Crippen LogP contribution in [0.4, 0.5) is 9.18 Å². The lowest BCUT2D eigenvalue weighted by Crippen LogP contribution is -2.37. The van der Waals surface area contributed by atoms with Crippen LogP contribution in [0.25, 0.3) is 0 Å². The van der Waals surface area contributed by atoms with E-state index >= 15 is 0 Å². The third-order valence-corrected chi connectivity index (χ3v) is 8.20. The summed E-state index contributed by atoms with van der Waals surface area (Å²) in [5.74, 6) is 0.836. The van der Waals surface area contributed by atoms with Gasteiger partial charge in [0.15, 0.2) is 9.84 Å². The van der Waals surface area contributed by atoms with Crippen molar-refractivity contribution in [3.05, 3.63) is 36.2 Å². The summed E-state index contributed by atoms with van der Waals surface area (Å²) >= 11 is 0. The van der Waals surface area contributed by atoms with Gasteiger partial charge in [-0.25, -0.2) is 17.6 Å². The van der Waals surface area contributed by atoms with Crippen LogP contribution in [0.15, 0.2) is 41.1 Å². The van der Waals surface area contributed by atoms with E-state index < -0.39 is 21.5 Å². The van der Waals surface area contributed by atoms with Gasteiger partial charge in [0.25, 0.3) is 0 Å². The van der Waals surface area contributed by atoms with E-state index in [2.05, 4.69) is 10.6 Å². The molecule has 1 aromatic rings. The number of carbonyl (C=O) groups is 2. The van der Waals surface area contributed by atoms with Gasteiger partial charge in [0.1, 0.15) is 18.0 Å². The van der Waals surface area contributed by atoms with Crippen LogP contribution in [-0.4, -0.2) is 50.5 Å². The lowest BCUT2D eigenvalue weighted by Gasteiger charge is -2.20. The molecule has 0 heterocycles. The maximum absolute atomic E-state index is 13.2. The Balaban J connectivity index is 1.36. The van der Waals surface area contributed by atoms with Gasteiger partial charge in [-0.1, -0.05) is 12.8 Å². The predicted octanol–water partition coefficient (Wildman–Crippen LogP) is 4.84. The second kappa shape index (κ2) is 12.3. The highest BCUT2D eigenvalue weighted by atomic mass is 32.2. The van der Waals surface area contributed by atoms with Crippen molar-refractivity contribution >= 4 is 21.8 Å². The van der Waals surface area contributed by atoms with E-state index in [-0.39, 0.29) is 46.7 Å². The lowest BCUT2D eigenvalue weighted by atomic mass is 10.1. The van der Waals surface area contributed by atoms with Crippen molar-refractivity contribution in [2.24, 2.45) is 5.92 Å². The Kier molecular flexibility index (Phi) is 9.61. The second-order valence-electron chi connectivity index (χ2n) is 11.1. The fourth-order valence-electron chi connectivity index (χ4n) is 3.89. The van der Waals surface area contributed by atoms with Gasteiger partial charge in [-0.3, -0.25) is 4.79 Å². The highest BCUT2D eigenvalue weighted by Gasteiger charge is 2.45. The standard InChI is InChI=1S/C27H39FN2O6S/c1-26(2,3)36-25(32)29-18-20(17-28)19-35-22-9-11-23(12-10-22)37(33,34)16-6-4-5-13-27(14-15-27)30-24(31)21-7-8-21/h9-12,17,21H,4-8,13-16,18-19H2,1-3H3,(H,29,32)(H,30,31)/b20-17+. The first-order chi connectivity index (χ1) is 17.4. The Hall–Kier alpha value is -2.62. The van der Waals surface area contributed by atoms with Gasteiger partial charge in [-0.05, 0) is 83.6 Å². The average molecular weight is 539 g/mol. The third kappa shape index (κ3) is 9.98. The minimum Gasteiger partial charge on any atom is -0.489 e. The van der Waals surface area contributed by atoms with Crippen LogP contribution >= 0.6 is 0 Å². The van der Waals surface area contributed by atoms with E-state index in [1.54, 1.807) is 20.8 Å². The van der Waals surface area contributed by atoms with E-state index in [0.29, 0.717) is 18.5 Å². The van der Waals surface area contributed by atoms with Crippen LogP contribution in [0.2, 0.25) is 0 Å². The van der Waals surface area contributed by atoms with E-state index in [1.165, 1.54) is 24.3 Å². The molecule has 0 aromatic heterocycles. The van der Waals surface area contributed by atoms with Crippen molar-refractivity contribution < 1.29 is 31.9 Å². The first kappa shape index (κ1) is 28.9. The SMILES string of the molecule is CC(C)(C)OC(=O)NC/C(=C\F)COc1ccc(S(=O)(=O)CCCCCC2(NC(=O)C3CC3)CC2)cc1. The molecule has 0 atom stereocenters. The molecule has 8 nitrogen and oxygen atoms in total. The zero-order chi connectivity index (χ0) is 27.1. The van der Waals surface area contributed by atoms with Crippen LogP contribution in [-0.2, 0) is 19.4 Å². The molecule has 2 fully saturated rings. The summed E-state index contributed by atoms with van der Waals surface area (Å²) in [6.07, 6.45) is 6.87. The topological polar surface area (TPSA) is 111 Å². The Morgan fingerprint density at radius 3 is 2.35 bits per heavy atom. The minimum absolute atomic E-state index is 0.0443. The third-order valence-electron chi connectivity index (χ3n) is 6.38. The summed E-state index contributed by atoms with van der Waals surface area (Å²) in [5, 5.41) is 5.65. The molecule has 0 aliphatic heterocycles. The Bertz CT molecular complexity index is 1070. The summed E-state index contributed by atoms with van der Waals surface area (Å²) in [4.78, 5) is 23.9. The molecular weight excluding hydrogens is 499 g/mol. The highest BCUT2D eigenvalue weighted by molar-refractivity contribution is 7.91. The Labute approximate surface area is 219 Å². The Morgan fingerprint density at radius 2 is 1.78 bits per heavy atom. The smallest absolute Gasteiger partial charge is 0.407 e. The number of hydrogen-bond donors (Lipinski definition) is 2. The van der Waals surface area contributed by atoms with Crippen LogP contribution in [0.3, 0.4) is 0 Å². The van der Waals surface area contributed by atoms with Crippen molar-refractivity contribution in [2.75, 3.05) is 18.9 Å². The van der Waals surface area contributed by atoms with Gasteiger partial charge >= 0.3 is 6.09 Å². The van der Waals surface area contributed by atoms with E-state index in [4.69, 9.17) is 9.47 Å². The fourth-order valence-corrected chi connectivity index (χ4v) is 5.26. The van der Waals surface area contributed by atoms with E-state index in [9.17, 15) is 22.4 Å². The number of amides is 2. The number of nitrogens with one attached hydrogen (secondary N) is 2. The number of unbranched alkanes of at least 4 members (excludes halogenated alkanes) is 2. The first-order valence-corrected chi connectivity index (χ1v) is 14.6. The molecule has 0 radical (unpaired) electrons. The zero-order valence-electron chi connectivity index (χ0n) is 22.0. The molecule has 1 aromatic carbocycles. The molecule has 206 valence electrons. The summed E-state index contributed by atoms with van der Waals surface area (Å²) in [7, 11) is -3.43. The number of hydrogen-bond acceptors (Lipinski definition) is 6.